The average molecular weight is 316 g/mol. The minimum atomic E-state index is 0. The average Bonchev–Trinajstić information content (AvgIpc) is 2.49. The summed E-state index contributed by atoms with van der Waals surface area (Å²) in [4.78, 5) is 2.37. The molecular formula is C16H26ClNO3. The Morgan fingerprint density at radius 3 is 2.43 bits per heavy atom. The van der Waals surface area contributed by atoms with Gasteiger partial charge in [-0.25, -0.2) is 0 Å². The van der Waals surface area contributed by atoms with Crippen LogP contribution in [0.2, 0.25) is 0 Å². The molecule has 0 aliphatic carbocycles. The Morgan fingerprint density at radius 1 is 1.10 bits per heavy atom. The molecule has 1 saturated heterocycles. The summed E-state index contributed by atoms with van der Waals surface area (Å²) in [5, 5.41) is 0. The van der Waals surface area contributed by atoms with Crippen LogP contribution in [0.5, 0.6) is 11.5 Å². The van der Waals surface area contributed by atoms with Crippen molar-refractivity contribution in [3.8, 4) is 11.5 Å². The van der Waals surface area contributed by atoms with E-state index in [9.17, 15) is 0 Å². The number of unbranched alkanes of at least 4 members (excludes halogenated alkanes) is 1. The van der Waals surface area contributed by atoms with Crippen molar-refractivity contribution in [2.75, 3.05) is 46.1 Å². The fraction of sp³-hybridized carbons (Fsp3) is 0.625. The summed E-state index contributed by atoms with van der Waals surface area (Å²) in [6.45, 7) is 8.26. The molecular weight excluding hydrogens is 290 g/mol. The van der Waals surface area contributed by atoms with Crippen LogP contribution in [0.3, 0.4) is 0 Å². The Labute approximate surface area is 133 Å². The van der Waals surface area contributed by atoms with Crippen LogP contribution >= 0.6 is 12.4 Å². The SMILES string of the molecule is CCCCOc1cccc(OCCN2CCOCC2)c1.Cl. The summed E-state index contributed by atoms with van der Waals surface area (Å²) >= 11 is 0. The second kappa shape index (κ2) is 10.7. The maximum atomic E-state index is 5.79. The standard InChI is InChI=1S/C16H25NO3.ClH/c1-2-3-10-19-15-5-4-6-16(14-15)20-13-9-17-7-11-18-12-8-17;/h4-6,14H,2-3,7-13H2,1H3;1H. The van der Waals surface area contributed by atoms with Crippen molar-refractivity contribution in [3.63, 3.8) is 0 Å². The molecule has 0 radical (unpaired) electrons. The molecule has 1 aromatic rings. The number of morpholine rings is 1. The molecule has 120 valence electrons. The van der Waals surface area contributed by atoms with E-state index < -0.39 is 0 Å². The number of halogens is 1. The summed E-state index contributed by atoms with van der Waals surface area (Å²) in [6, 6.07) is 7.90. The molecule has 1 aromatic carbocycles. The summed E-state index contributed by atoms with van der Waals surface area (Å²) in [7, 11) is 0. The van der Waals surface area contributed by atoms with Crippen molar-refractivity contribution >= 4 is 12.4 Å². The zero-order valence-corrected chi connectivity index (χ0v) is 13.6. The quantitative estimate of drug-likeness (QED) is 0.690. The van der Waals surface area contributed by atoms with Gasteiger partial charge in [0.1, 0.15) is 18.1 Å². The number of benzene rings is 1. The minimum absolute atomic E-state index is 0. The van der Waals surface area contributed by atoms with Gasteiger partial charge in [-0.1, -0.05) is 19.4 Å². The first-order chi connectivity index (χ1) is 9.88. The van der Waals surface area contributed by atoms with Crippen LogP contribution in [0.15, 0.2) is 24.3 Å². The molecule has 5 heteroatoms. The monoisotopic (exact) mass is 315 g/mol. The first kappa shape index (κ1) is 18.1. The van der Waals surface area contributed by atoms with Crippen LogP contribution in [-0.2, 0) is 4.74 Å². The lowest BCUT2D eigenvalue weighted by molar-refractivity contribution is 0.0322. The normalized spacial score (nSPS) is 15.3. The van der Waals surface area contributed by atoms with Gasteiger partial charge in [0.2, 0.25) is 0 Å². The van der Waals surface area contributed by atoms with Gasteiger partial charge in [-0.3, -0.25) is 4.90 Å². The van der Waals surface area contributed by atoms with Gasteiger partial charge < -0.3 is 14.2 Å². The van der Waals surface area contributed by atoms with Gasteiger partial charge in [0, 0.05) is 25.7 Å². The van der Waals surface area contributed by atoms with Crippen LogP contribution in [-0.4, -0.2) is 51.0 Å². The summed E-state index contributed by atoms with van der Waals surface area (Å²) in [5.74, 6) is 1.77. The van der Waals surface area contributed by atoms with E-state index in [0.29, 0.717) is 6.61 Å². The van der Waals surface area contributed by atoms with Gasteiger partial charge in [-0.15, -0.1) is 12.4 Å². The first-order valence-electron chi connectivity index (χ1n) is 7.54. The number of ether oxygens (including phenoxy) is 3. The Bertz CT molecular complexity index is 384. The molecule has 1 heterocycles. The lowest BCUT2D eigenvalue weighted by Gasteiger charge is -2.26. The number of hydrogen-bond donors (Lipinski definition) is 0. The second-order valence-electron chi connectivity index (χ2n) is 4.98. The highest BCUT2D eigenvalue weighted by Crippen LogP contribution is 2.19. The summed E-state index contributed by atoms with van der Waals surface area (Å²) in [5.41, 5.74) is 0. The highest BCUT2D eigenvalue weighted by Gasteiger charge is 2.09. The minimum Gasteiger partial charge on any atom is -0.493 e. The Kier molecular flexibility index (Phi) is 9.22. The van der Waals surface area contributed by atoms with E-state index in [-0.39, 0.29) is 12.4 Å². The highest BCUT2D eigenvalue weighted by molar-refractivity contribution is 5.85. The Balaban J connectivity index is 0.00000220. The Morgan fingerprint density at radius 2 is 1.76 bits per heavy atom. The molecule has 21 heavy (non-hydrogen) atoms. The number of rotatable bonds is 8. The lowest BCUT2D eigenvalue weighted by Crippen LogP contribution is -2.38. The van der Waals surface area contributed by atoms with Gasteiger partial charge >= 0.3 is 0 Å². The number of nitrogens with zero attached hydrogens (tertiary/aromatic N) is 1. The molecule has 1 aliphatic rings. The third kappa shape index (κ3) is 7.02. The third-order valence-electron chi connectivity index (χ3n) is 3.35. The van der Waals surface area contributed by atoms with Gasteiger partial charge in [-0.2, -0.15) is 0 Å². The fourth-order valence-corrected chi connectivity index (χ4v) is 2.11. The molecule has 0 bridgehead atoms. The molecule has 0 saturated carbocycles. The van der Waals surface area contributed by atoms with Crippen LogP contribution in [0.1, 0.15) is 19.8 Å². The predicted molar refractivity (Wildman–Crippen MR) is 86.8 cm³/mol. The highest BCUT2D eigenvalue weighted by atomic mass is 35.5. The largest absolute Gasteiger partial charge is 0.493 e. The van der Waals surface area contributed by atoms with Crippen LogP contribution in [0.4, 0.5) is 0 Å². The van der Waals surface area contributed by atoms with Crippen LogP contribution < -0.4 is 9.47 Å². The molecule has 0 spiro atoms. The molecule has 0 aromatic heterocycles. The van der Waals surface area contributed by atoms with Crippen molar-refractivity contribution in [2.24, 2.45) is 0 Å². The second-order valence-corrected chi connectivity index (χ2v) is 4.98. The maximum absolute atomic E-state index is 5.79. The zero-order valence-electron chi connectivity index (χ0n) is 12.8. The fourth-order valence-electron chi connectivity index (χ4n) is 2.11. The van der Waals surface area contributed by atoms with E-state index in [2.05, 4.69) is 11.8 Å². The molecule has 0 N–H and O–H groups in total. The molecule has 2 rings (SSSR count). The van der Waals surface area contributed by atoms with Gasteiger partial charge in [-0.05, 0) is 18.6 Å². The van der Waals surface area contributed by atoms with E-state index >= 15 is 0 Å². The van der Waals surface area contributed by atoms with E-state index in [1.807, 2.05) is 24.3 Å². The van der Waals surface area contributed by atoms with Crippen LogP contribution in [0.25, 0.3) is 0 Å². The third-order valence-corrected chi connectivity index (χ3v) is 3.35. The van der Waals surface area contributed by atoms with E-state index in [4.69, 9.17) is 14.2 Å². The molecule has 1 aliphatic heterocycles. The maximum Gasteiger partial charge on any atom is 0.123 e. The molecule has 0 atom stereocenters. The van der Waals surface area contributed by atoms with Gasteiger partial charge in [0.25, 0.3) is 0 Å². The Hall–Kier alpha value is -0.970. The van der Waals surface area contributed by atoms with E-state index in [1.165, 1.54) is 0 Å². The zero-order chi connectivity index (χ0) is 14.0. The van der Waals surface area contributed by atoms with E-state index in [0.717, 1.165) is 63.8 Å². The molecule has 4 nitrogen and oxygen atoms in total. The van der Waals surface area contributed by atoms with E-state index in [1.54, 1.807) is 0 Å². The van der Waals surface area contributed by atoms with Crippen molar-refractivity contribution in [1.29, 1.82) is 0 Å². The molecule has 0 unspecified atom stereocenters. The predicted octanol–water partition coefficient (Wildman–Crippen LogP) is 3.00. The summed E-state index contributed by atoms with van der Waals surface area (Å²) in [6.07, 6.45) is 2.23. The van der Waals surface area contributed by atoms with Crippen molar-refractivity contribution in [2.45, 2.75) is 19.8 Å². The lowest BCUT2D eigenvalue weighted by atomic mass is 10.3. The topological polar surface area (TPSA) is 30.9 Å². The van der Waals surface area contributed by atoms with Gasteiger partial charge in [0.05, 0.1) is 19.8 Å². The van der Waals surface area contributed by atoms with Gasteiger partial charge in [0.15, 0.2) is 0 Å². The molecule has 0 amide bonds. The van der Waals surface area contributed by atoms with Crippen molar-refractivity contribution < 1.29 is 14.2 Å². The summed E-state index contributed by atoms with van der Waals surface area (Å²) < 4.78 is 16.8. The molecule has 1 fully saturated rings. The van der Waals surface area contributed by atoms with Crippen molar-refractivity contribution in [3.05, 3.63) is 24.3 Å². The number of hydrogen-bond acceptors (Lipinski definition) is 4. The smallest absolute Gasteiger partial charge is 0.123 e. The van der Waals surface area contributed by atoms with Crippen LogP contribution in [0, 0.1) is 0 Å². The van der Waals surface area contributed by atoms with Crippen molar-refractivity contribution in [1.82, 2.24) is 4.90 Å². The first-order valence-corrected chi connectivity index (χ1v) is 7.54.